The van der Waals surface area contributed by atoms with Gasteiger partial charge in [-0.15, -0.1) is 11.3 Å². The molecule has 18 heavy (non-hydrogen) atoms. The lowest BCUT2D eigenvalue weighted by molar-refractivity contribution is 0.0697. The van der Waals surface area contributed by atoms with Gasteiger partial charge in [0.2, 0.25) is 0 Å². The molecule has 0 saturated carbocycles. The first-order valence-corrected chi connectivity index (χ1v) is 6.72. The molecule has 8 heteroatoms. The van der Waals surface area contributed by atoms with Crippen molar-refractivity contribution in [1.29, 1.82) is 0 Å². The highest BCUT2D eigenvalue weighted by Crippen LogP contribution is 2.27. The van der Waals surface area contributed by atoms with Crippen molar-refractivity contribution in [3.05, 3.63) is 32.6 Å². The number of aryl methyl sites for hydroxylation is 1. The van der Waals surface area contributed by atoms with Crippen LogP contribution in [0.25, 0.3) is 0 Å². The third-order valence-corrected chi connectivity index (χ3v) is 4.18. The molecule has 0 radical (unpaired) electrons. The molecule has 0 aliphatic heterocycles. The summed E-state index contributed by atoms with van der Waals surface area (Å²) in [5.74, 6) is -1.50. The van der Waals surface area contributed by atoms with E-state index in [1.807, 2.05) is 0 Å². The Balaban J connectivity index is 2.25. The molecule has 0 atom stereocenters. The van der Waals surface area contributed by atoms with Gasteiger partial charge >= 0.3 is 5.97 Å². The van der Waals surface area contributed by atoms with Crippen LogP contribution in [0.15, 0.2) is 12.1 Å². The van der Waals surface area contributed by atoms with Crippen LogP contribution in [0.2, 0.25) is 4.34 Å². The number of hydrogen-bond acceptors (Lipinski definition) is 5. The van der Waals surface area contributed by atoms with Crippen molar-refractivity contribution in [2.45, 2.75) is 6.92 Å². The van der Waals surface area contributed by atoms with E-state index >= 15 is 0 Å². The highest BCUT2D eigenvalue weighted by molar-refractivity contribution is 7.18. The van der Waals surface area contributed by atoms with Crippen LogP contribution in [0.3, 0.4) is 0 Å². The standard InChI is InChI=1S/C10H7ClN2O3S2/c1-4-7(10(15)16)9(18-13-4)12-8(14)5-2-3-6(11)17-5/h2-3H,1H3,(H,12,14)(H,15,16). The number of carbonyl (C=O) groups excluding carboxylic acids is 1. The lowest BCUT2D eigenvalue weighted by Gasteiger charge is -2.01. The summed E-state index contributed by atoms with van der Waals surface area (Å²) in [5, 5.41) is 11.8. The SMILES string of the molecule is Cc1nsc(NC(=O)c2ccc(Cl)s2)c1C(=O)O. The first-order chi connectivity index (χ1) is 8.49. The van der Waals surface area contributed by atoms with Gasteiger partial charge in [-0.1, -0.05) is 11.6 Å². The summed E-state index contributed by atoms with van der Waals surface area (Å²) in [6, 6.07) is 3.19. The molecule has 2 rings (SSSR count). The van der Waals surface area contributed by atoms with Crippen molar-refractivity contribution >= 4 is 51.3 Å². The number of halogens is 1. The van der Waals surface area contributed by atoms with Gasteiger partial charge in [-0.05, 0) is 30.6 Å². The molecule has 0 spiro atoms. The number of carboxylic acids is 1. The number of aromatic carboxylic acids is 1. The maximum absolute atomic E-state index is 11.8. The zero-order chi connectivity index (χ0) is 13.3. The normalized spacial score (nSPS) is 10.3. The lowest BCUT2D eigenvalue weighted by atomic mass is 10.2. The molecule has 2 aromatic heterocycles. The number of carbonyl (C=O) groups is 2. The molecule has 1 amide bonds. The van der Waals surface area contributed by atoms with Gasteiger partial charge in [-0.2, -0.15) is 4.37 Å². The van der Waals surface area contributed by atoms with Gasteiger partial charge in [0.25, 0.3) is 5.91 Å². The second-order valence-corrected chi connectivity index (χ2v) is 5.82. The second kappa shape index (κ2) is 5.05. The molecular weight excluding hydrogens is 296 g/mol. The van der Waals surface area contributed by atoms with Crippen molar-refractivity contribution in [2.24, 2.45) is 0 Å². The Kier molecular flexibility index (Phi) is 3.65. The van der Waals surface area contributed by atoms with Crippen LogP contribution in [0.5, 0.6) is 0 Å². The van der Waals surface area contributed by atoms with Gasteiger partial charge in [0.15, 0.2) is 0 Å². The molecule has 2 aromatic rings. The van der Waals surface area contributed by atoms with Crippen LogP contribution in [-0.4, -0.2) is 21.4 Å². The molecule has 0 unspecified atom stereocenters. The van der Waals surface area contributed by atoms with Gasteiger partial charge in [0, 0.05) is 0 Å². The first kappa shape index (κ1) is 13.0. The quantitative estimate of drug-likeness (QED) is 0.913. The Hall–Kier alpha value is -1.44. The predicted octanol–water partition coefficient (Wildman–Crippen LogP) is 3.12. The fraction of sp³-hybridized carbons (Fsp3) is 0.100. The van der Waals surface area contributed by atoms with Crippen molar-refractivity contribution in [1.82, 2.24) is 4.37 Å². The van der Waals surface area contributed by atoms with Gasteiger partial charge in [-0.25, -0.2) is 4.79 Å². The molecule has 0 saturated heterocycles. The number of aromatic nitrogens is 1. The number of nitrogens with zero attached hydrogens (tertiary/aromatic N) is 1. The molecule has 0 bridgehead atoms. The molecule has 2 N–H and O–H groups in total. The van der Waals surface area contributed by atoms with E-state index in [1.54, 1.807) is 19.1 Å². The van der Waals surface area contributed by atoms with Gasteiger partial charge < -0.3 is 10.4 Å². The Bertz CT molecular complexity index is 620. The number of nitrogens with one attached hydrogen (secondary N) is 1. The maximum atomic E-state index is 11.8. The van der Waals surface area contributed by atoms with E-state index in [0.29, 0.717) is 14.9 Å². The average molecular weight is 303 g/mol. The van der Waals surface area contributed by atoms with Crippen molar-refractivity contribution < 1.29 is 14.7 Å². The molecule has 2 heterocycles. The lowest BCUT2D eigenvalue weighted by Crippen LogP contribution is -2.12. The molecule has 0 aromatic carbocycles. The zero-order valence-corrected chi connectivity index (χ0v) is 11.4. The summed E-state index contributed by atoms with van der Waals surface area (Å²) in [6.45, 7) is 1.58. The van der Waals surface area contributed by atoms with E-state index in [9.17, 15) is 9.59 Å². The van der Waals surface area contributed by atoms with Crippen LogP contribution in [0.4, 0.5) is 5.00 Å². The van der Waals surface area contributed by atoms with E-state index in [2.05, 4.69) is 9.69 Å². The molecule has 5 nitrogen and oxygen atoms in total. The van der Waals surface area contributed by atoms with Crippen LogP contribution >= 0.6 is 34.5 Å². The van der Waals surface area contributed by atoms with Crippen LogP contribution < -0.4 is 5.32 Å². The van der Waals surface area contributed by atoms with Gasteiger partial charge in [0.1, 0.15) is 10.6 Å². The van der Waals surface area contributed by atoms with E-state index in [1.165, 1.54) is 0 Å². The van der Waals surface area contributed by atoms with Crippen LogP contribution in [0.1, 0.15) is 25.7 Å². The Morgan fingerprint density at radius 1 is 1.44 bits per heavy atom. The zero-order valence-electron chi connectivity index (χ0n) is 9.06. The second-order valence-electron chi connectivity index (χ2n) is 3.34. The van der Waals surface area contributed by atoms with Gasteiger partial charge in [-0.3, -0.25) is 4.79 Å². The maximum Gasteiger partial charge on any atom is 0.340 e. The van der Waals surface area contributed by atoms with Crippen molar-refractivity contribution in [2.75, 3.05) is 5.32 Å². The Morgan fingerprint density at radius 2 is 2.17 bits per heavy atom. The number of anilines is 1. The highest BCUT2D eigenvalue weighted by Gasteiger charge is 2.20. The third kappa shape index (κ3) is 2.53. The van der Waals surface area contributed by atoms with Crippen molar-refractivity contribution in [3.63, 3.8) is 0 Å². The Labute approximate surface area is 115 Å². The van der Waals surface area contributed by atoms with Crippen LogP contribution in [0, 0.1) is 6.92 Å². The summed E-state index contributed by atoms with van der Waals surface area (Å²) < 4.78 is 4.41. The number of amides is 1. The number of hydrogen-bond donors (Lipinski definition) is 2. The monoisotopic (exact) mass is 302 g/mol. The summed E-state index contributed by atoms with van der Waals surface area (Å²) in [5.41, 5.74) is 0.406. The summed E-state index contributed by atoms with van der Waals surface area (Å²) in [4.78, 5) is 23.3. The summed E-state index contributed by atoms with van der Waals surface area (Å²) in [6.07, 6.45) is 0. The number of rotatable bonds is 3. The molecule has 0 fully saturated rings. The Morgan fingerprint density at radius 3 is 2.72 bits per heavy atom. The van der Waals surface area contributed by atoms with Crippen molar-refractivity contribution in [3.8, 4) is 0 Å². The minimum Gasteiger partial charge on any atom is -0.478 e. The average Bonchev–Trinajstić information content (AvgIpc) is 2.85. The van der Waals surface area contributed by atoms with E-state index in [4.69, 9.17) is 16.7 Å². The topological polar surface area (TPSA) is 79.3 Å². The highest BCUT2D eigenvalue weighted by atomic mass is 35.5. The largest absolute Gasteiger partial charge is 0.478 e. The fourth-order valence-corrected chi connectivity index (χ4v) is 3.03. The first-order valence-electron chi connectivity index (χ1n) is 4.75. The molecule has 0 aliphatic carbocycles. The van der Waals surface area contributed by atoms with E-state index < -0.39 is 11.9 Å². The van der Waals surface area contributed by atoms with Crippen LogP contribution in [-0.2, 0) is 0 Å². The van der Waals surface area contributed by atoms with E-state index in [0.717, 1.165) is 22.9 Å². The fourth-order valence-electron chi connectivity index (χ4n) is 1.31. The number of thiophene rings is 1. The minimum atomic E-state index is -1.11. The molecular formula is C10H7ClN2O3S2. The van der Waals surface area contributed by atoms with Gasteiger partial charge in [0.05, 0.1) is 14.9 Å². The summed E-state index contributed by atoms with van der Waals surface area (Å²) >= 11 is 7.80. The minimum absolute atomic E-state index is 0.0241. The summed E-state index contributed by atoms with van der Waals surface area (Å²) in [7, 11) is 0. The van der Waals surface area contributed by atoms with E-state index in [-0.39, 0.29) is 10.6 Å². The molecule has 0 aliphatic rings. The third-order valence-electron chi connectivity index (χ3n) is 2.10. The number of carboxylic acid groups (broad SMARTS) is 1. The molecule has 94 valence electrons. The predicted molar refractivity (Wildman–Crippen MR) is 71.1 cm³/mol. The smallest absolute Gasteiger partial charge is 0.340 e.